The van der Waals surface area contributed by atoms with Crippen molar-refractivity contribution in [2.75, 3.05) is 18.9 Å². The van der Waals surface area contributed by atoms with Crippen LogP contribution in [0.3, 0.4) is 0 Å². The quantitative estimate of drug-likeness (QED) is 0.502. The Morgan fingerprint density at radius 3 is 2.52 bits per heavy atom. The summed E-state index contributed by atoms with van der Waals surface area (Å²) in [5.41, 5.74) is 5.41. The van der Waals surface area contributed by atoms with Crippen LogP contribution in [0, 0.1) is 11.3 Å². The summed E-state index contributed by atoms with van der Waals surface area (Å²) in [7, 11) is 0. The summed E-state index contributed by atoms with van der Waals surface area (Å²) >= 11 is 4.00. The fraction of sp³-hybridized carbons (Fsp3) is 0.867. The Balaban J connectivity index is 2.54. The Bertz CT molecular complexity index is 442. The van der Waals surface area contributed by atoms with Crippen molar-refractivity contribution in [3.05, 3.63) is 0 Å². The maximum Gasteiger partial charge on any atom is 0.308 e. The fourth-order valence-electron chi connectivity index (χ4n) is 2.37. The van der Waals surface area contributed by atoms with E-state index in [0.717, 1.165) is 0 Å². The second kappa shape index (κ2) is 7.83. The van der Waals surface area contributed by atoms with Gasteiger partial charge >= 0.3 is 5.97 Å². The molecule has 1 unspecified atom stereocenters. The molecule has 0 aromatic rings. The normalized spacial score (nSPS) is 25.4. The van der Waals surface area contributed by atoms with Gasteiger partial charge in [-0.05, 0) is 20.3 Å². The van der Waals surface area contributed by atoms with Gasteiger partial charge in [-0.15, -0.1) is 0 Å². The zero-order valence-electron chi connectivity index (χ0n) is 14.2. The van der Waals surface area contributed by atoms with Crippen LogP contribution in [0.25, 0.3) is 0 Å². The molecule has 1 saturated heterocycles. The van der Waals surface area contributed by atoms with Crippen LogP contribution < -0.4 is 11.1 Å². The molecule has 0 radical (unpaired) electrons. The third kappa shape index (κ3) is 5.63. The van der Waals surface area contributed by atoms with Gasteiger partial charge in [0.25, 0.3) is 0 Å². The van der Waals surface area contributed by atoms with E-state index in [1.165, 1.54) is 0 Å². The van der Waals surface area contributed by atoms with Gasteiger partial charge in [0.15, 0.2) is 5.79 Å². The number of amides is 1. The monoisotopic (exact) mass is 348 g/mol. The molecule has 0 aliphatic carbocycles. The van der Waals surface area contributed by atoms with Gasteiger partial charge in [0.05, 0.1) is 12.5 Å². The molecule has 0 saturated carbocycles. The van der Waals surface area contributed by atoms with Gasteiger partial charge in [0.2, 0.25) is 5.91 Å². The highest BCUT2D eigenvalue weighted by atomic mass is 32.1. The van der Waals surface area contributed by atoms with E-state index >= 15 is 0 Å². The summed E-state index contributed by atoms with van der Waals surface area (Å²) < 4.78 is 11.3. The lowest BCUT2D eigenvalue weighted by atomic mass is 9.85. The van der Waals surface area contributed by atoms with Gasteiger partial charge in [-0.2, -0.15) is 12.6 Å². The van der Waals surface area contributed by atoms with Crippen LogP contribution in [0.2, 0.25) is 0 Å². The molecule has 1 fully saturated rings. The Morgan fingerprint density at radius 1 is 1.39 bits per heavy atom. The summed E-state index contributed by atoms with van der Waals surface area (Å²) in [6.07, 6.45) is -0.279. The number of carbonyl (C=O) groups is 2. The number of thiol groups is 1. The van der Waals surface area contributed by atoms with Crippen molar-refractivity contribution in [2.45, 2.75) is 52.0 Å². The summed E-state index contributed by atoms with van der Waals surface area (Å²) in [5.74, 6) is -2.60. The average Bonchev–Trinajstić information content (AvgIpc) is 2.42. The molecule has 23 heavy (non-hydrogen) atoms. The Morgan fingerprint density at radius 2 is 2.00 bits per heavy atom. The van der Waals surface area contributed by atoms with Crippen LogP contribution in [-0.4, -0.2) is 53.8 Å². The molecule has 0 bridgehead atoms. The smallest absolute Gasteiger partial charge is 0.308 e. The fourth-order valence-corrected chi connectivity index (χ4v) is 2.80. The first-order chi connectivity index (χ1) is 10.5. The van der Waals surface area contributed by atoms with Gasteiger partial charge in [-0.3, -0.25) is 9.59 Å². The van der Waals surface area contributed by atoms with Crippen molar-refractivity contribution in [3.8, 4) is 0 Å². The Hall–Kier alpha value is -0.830. The number of carboxylic acid groups (broad SMARTS) is 1. The zero-order valence-corrected chi connectivity index (χ0v) is 15.1. The lowest BCUT2D eigenvalue weighted by Gasteiger charge is -2.44. The molecule has 1 amide bonds. The maximum atomic E-state index is 12.4. The summed E-state index contributed by atoms with van der Waals surface area (Å²) in [6.45, 7) is 8.04. The number of aliphatic carboxylic acids is 1. The maximum absolute atomic E-state index is 12.4. The second-order valence-corrected chi connectivity index (χ2v) is 7.41. The van der Waals surface area contributed by atoms with Gasteiger partial charge < -0.3 is 25.6 Å². The van der Waals surface area contributed by atoms with E-state index < -0.39 is 35.2 Å². The van der Waals surface area contributed by atoms with Crippen molar-refractivity contribution in [1.29, 1.82) is 0 Å². The molecule has 134 valence electrons. The third-order valence-corrected chi connectivity index (χ3v) is 4.34. The standard InChI is InChI=1S/C15H28N2O5S/c1-14(2)8-21-15(3,4)22-11(14)12(18)17-6-5-10(16)9(7-23)13(19)20/h9-11,23H,5-8,16H2,1-4H3,(H,17,18)(H,19,20)/t9-,10?,11+/m1/s1. The minimum absolute atomic E-state index is 0.161. The van der Waals surface area contributed by atoms with E-state index in [1.807, 2.05) is 13.8 Å². The number of nitrogens with one attached hydrogen (secondary N) is 1. The average molecular weight is 348 g/mol. The molecule has 8 heteroatoms. The van der Waals surface area contributed by atoms with Crippen molar-refractivity contribution in [3.63, 3.8) is 0 Å². The molecule has 7 nitrogen and oxygen atoms in total. The van der Waals surface area contributed by atoms with Crippen LogP contribution in [0.5, 0.6) is 0 Å². The van der Waals surface area contributed by atoms with Gasteiger partial charge in [0, 0.05) is 23.8 Å². The molecule has 1 rings (SSSR count). The molecule has 0 spiro atoms. The molecular weight excluding hydrogens is 320 g/mol. The predicted octanol–water partition coefficient (Wildman–Crippen LogP) is 0.628. The van der Waals surface area contributed by atoms with E-state index in [2.05, 4.69) is 17.9 Å². The molecule has 4 N–H and O–H groups in total. The summed E-state index contributed by atoms with van der Waals surface area (Å²) in [4.78, 5) is 23.4. The van der Waals surface area contributed by atoms with Crippen LogP contribution in [0.1, 0.15) is 34.1 Å². The molecule has 1 aliphatic heterocycles. The lowest BCUT2D eigenvalue weighted by molar-refractivity contribution is -0.304. The van der Waals surface area contributed by atoms with E-state index in [9.17, 15) is 9.59 Å². The Kier molecular flexibility index (Phi) is 6.88. The van der Waals surface area contributed by atoms with Gasteiger partial charge in [-0.25, -0.2) is 0 Å². The van der Waals surface area contributed by atoms with E-state index in [-0.39, 0.29) is 18.2 Å². The van der Waals surface area contributed by atoms with Gasteiger partial charge in [-0.1, -0.05) is 13.8 Å². The number of nitrogens with two attached hydrogens (primary N) is 1. The SMILES string of the molecule is CC1(C)OCC(C)(C)[C@H](C(=O)NCCC(N)[C@@H](CS)C(=O)O)O1. The van der Waals surface area contributed by atoms with E-state index in [1.54, 1.807) is 13.8 Å². The van der Waals surface area contributed by atoms with Crippen molar-refractivity contribution < 1.29 is 24.2 Å². The van der Waals surface area contributed by atoms with Crippen LogP contribution in [0.15, 0.2) is 0 Å². The zero-order chi connectivity index (χ0) is 17.8. The predicted molar refractivity (Wildman–Crippen MR) is 89.3 cm³/mol. The first kappa shape index (κ1) is 20.2. The van der Waals surface area contributed by atoms with Crippen molar-refractivity contribution >= 4 is 24.5 Å². The van der Waals surface area contributed by atoms with Crippen LogP contribution in [-0.2, 0) is 19.1 Å². The van der Waals surface area contributed by atoms with E-state index in [4.69, 9.17) is 20.3 Å². The minimum Gasteiger partial charge on any atom is -0.481 e. The number of ether oxygens (including phenoxy) is 2. The topological polar surface area (TPSA) is 111 Å². The van der Waals surface area contributed by atoms with Crippen LogP contribution >= 0.6 is 12.6 Å². The molecule has 1 heterocycles. The number of carboxylic acids is 1. The molecular formula is C15H28N2O5S. The van der Waals surface area contributed by atoms with Crippen molar-refractivity contribution in [1.82, 2.24) is 5.32 Å². The van der Waals surface area contributed by atoms with Crippen LogP contribution in [0.4, 0.5) is 0 Å². The first-order valence-corrected chi connectivity index (χ1v) is 8.32. The van der Waals surface area contributed by atoms with Crippen molar-refractivity contribution in [2.24, 2.45) is 17.1 Å². The first-order valence-electron chi connectivity index (χ1n) is 7.69. The summed E-state index contributed by atoms with van der Waals surface area (Å²) in [6, 6.07) is -0.564. The molecule has 1 aliphatic rings. The highest BCUT2D eigenvalue weighted by molar-refractivity contribution is 7.80. The number of hydrogen-bond acceptors (Lipinski definition) is 6. The minimum atomic E-state index is -0.977. The number of hydrogen-bond donors (Lipinski definition) is 4. The number of rotatable bonds is 7. The molecule has 0 aromatic heterocycles. The third-order valence-electron chi connectivity index (χ3n) is 3.95. The highest BCUT2D eigenvalue weighted by Gasteiger charge is 2.45. The molecule has 3 atom stereocenters. The Labute approximate surface area is 142 Å². The lowest BCUT2D eigenvalue weighted by Crippen LogP contribution is -2.56. The number of carbonyl (C=O) groups excluding carboxylic acids is 1. The largest absolute Gasteiger partial charge is 0.481 e. The highest BCUT2D eigenvalue weighted by Crippen LogP contribution is 2.34. The van der Waals surface area contributed by atoms with Gasteiger partial charge in [0.1, 0.15) is 6.10 Å². The summed E-state index contributed by atoms with van der Waals surface area (Å²) in [5, 5.41) is 11.8. The van der Waals surface area contributed by atoms with E-state index in [0.29, 0.717) is 13.0 Å². The second-order valence-electron chi connectivity index (χ2n) is 7.05. The molecule has 0 aromatic carbocycles.